The van der Waals surface area contributed by atoms with Crippen LogP contribution in [0.4, 0.5) is 5.69 Å². The minimum Gasteiger partial charge on any atom is -0.478 e. The van der Waals surface area contributed by atoms with Crippen molar-refractivity contribution in [3.05, 3.63) is 88.1 Å². The lowest BCUT2D eigenvalue weighted by atomic mass is 9.77. The number of carboxylic acid groups (broad SMARTS) is 1. The SMILES string of the molecule is CCc1cc(CC)nc(O[C@H](C(=O)O)[C@@]2(c3ccccc3)NCC(=O)N(C)c3ccc(Cl)cc32)c1. The van der Waals surface area contributed by atoms with Gasteiger partial charge >= 0.3 is 5.97 Å². The number of hydrogen-bond donors (Lipinski definition) is 2. The fourth-order valence-corrected chi connectivity index (χ4v) is 4.71. The highest BCUT2D eigenvalue weighted by Gasteiger charge is 2.51. The number of aryl methyl sites for hydroxylation is 2. The summed E-state index contributed by atoms with van der Waals surface area (Å²) in [4.78, 5) is 31.9. The van der Waals surface area contributed by atoms with Crippen LogP contribution in [0.25, 0.3) is 0 Å². The smallest absolute Gasteiger partial charge is 0.347 e. The van der Waals surface area contributed by atoms with E-state index in [4.69, 9.17) is 16.3 Å². The molecule has 1 amide bonds. The number of rotatable bonds is 7. The third-order valence-electron chi connectivity index (χ3n) is 6.41. The minimum atomic E-state index is -1.47. The highest BCUT2D eigenvalue weighted by atomic mass is 35.5. The average molecular weight is 494 g/mol. The van der Waals surface area contributed by atoms with Crippen LogP contribution in [-0.2, 0) is 28.0 Å². The largest absolute Gasteiger partial charge is 0.478 e. The van der Waals surface area contributed by atoms with Crippen LogP contribution in [0, 0.1) is 0 Å². The number of fused-ring (bicyclic) bond motifs is 1. The van der Waals surface area contributed by atoms with Gasteiger partial charge in [-0.2, -0.15) is 0 Å². The number of carbonyl (C=O) groups is 2. The molecule has 0 bridgehead atoms. The first kappa shape index (κ1) is 24.7. The molecule has 1 aromatic heterocycles. The molecule has 35 heavy (non-hydrogen) atoms. The third-order valence-corrected chi connectivity index (χ3v) is 6.64. The summed E-state index contributed by atoms with van der Waals surface area (Å²) in [6.45, 7) is 3.90. The molecule has 0 radical (unpaired) electrons. The Balaban J connectivity index is 1.99. The van der Waals surface area contributed by atoms with Crippen molar-refractivity contribution in [2.45, 2.75) is 38.3 Å². The summed E-state index contributed by atoms with van der Waals surface area (Å²) in [6.07, 6.45) is -0.0312. The van der Waals surface area contributed by atoms with Gasteiger partial charge in [0.1, 0.15) is 5.54 Å². The maximum absolute atomic E-state index is 12.9. The van der Waals surface area contributed by atoms with Gasteiger partial charge in [0.05, 0.1) is 6.54 Å². The molecule has 0 aliphatic carbocycles. The van der Waals surface area contributed by atoms with E-state index in [1.165, 1.54) is 4.90 Å². The highest BCUT2D eigenvalue weighted by molar-refractivity contribution is 6.30. The Labute approximate surface area is 209 Å². The number of benzene rings is 2. The molecule has 3 aromatic rings. The molecule has 0 saturated carbocycles. The first-order valence-corrected chi connectivity index (χ1v) is 11.9. The van der Waals surface area contributed by atoms with E-state index in [0.29, 0.717) is 28.3 Å². The lowest BCUT2D eigenvalue weighted by molar-refractivity contribution is -0.149. The predicted octanol–water partition coefficient (Wildman–Crippen LogP) is 4.20. The number of carbonyl (C=O) groups excluding carboxylic acids is 1. The molecule has 0 spiro atoms. The number of anilines is 1. The molecule has 0 unspecified atom stereocenters. The van der Waals surface area contributed by atoms with Crippen molar-refractivity contribution in [2.75, 3.05) is 18.5 Å². The van der Waals surface area contributed by atoms with Crippen LogP contribution in [0.15, 0.2) is 60.7 Å². The summed E-state index contributed by atoms with van der Waals surface area (Å²) < 4.78 is 6.23. The molecule has 8 heteroatoms. The van der Waals surface area contributed by atoms with Crippen molar-refractivity contribution in [1.29, 1.82) is 0 Å². The van der Waals surface area contributed by atoms with Gasteiger partial charge in [0.15, 0.2) is 0 Å². The molecule has 0 saturated heterocycles. The van der Waals surface area contributed by atoms with Gasteiger partial charge in [-0.1, -0.05) is 55.8 Å². The summed E-state index contributed by atoms with van der Waals surface area (Å²) in [7, 11) is 1.66. The summed E-state index contributed by atoms with van der Waals surface area (Å²) in [6, 6.07) is 18.0. The maximum Gasteiger partial charge on any atom is 0.347 e. The lowest BCUT2D eigenvalue weighted by Crippen LogP contribution is -2.58. The van der Waals surface area contributed by atoms with E-state index in [-0.39, 0.29) is 18.3 Å². The standard InChI is InChI=1S/C27H28ClN3O4/c1-4-17-13-20(5-2)30-23(14-17)35-25(26(33)34)27(18-9-7-6-8-10-18)21-15-19(28)11-12-22(21)31(3)24(32)16-29-27/h6-15,25,29H,4-5,16H2,1-3H3,(H,33,34)/t25-,27+/m1/s1. The van der Waals surface area contributed by atoms with E-state index in [9.17, 15) is 14.7 Å². The molecular formula is C27H28ClN3O4. The van der Waals surface area contributed by atoms with Crippen LogP contribution in [0.3, 0.4) is 0 Å². The van der Waals surface area contributed by atoms with Crippen molar-refractivity contribution in [2.24, 2.45) is 0 Å². The molecule has 4 rings (SSSR count). The second kappa shape index (κ2) is 10.1. The van der Waals surface area contributed by atoms with Gasteiger partial charge in [-0.05, 0) is 48.2 Å². The number of nitrogens with one attached hydrogen (secondary N) is 1. The average Bonchev–Trinajstić information content (AvgIpc) is 2.97. The predicted molar refractivity (Wildman–Crippen MR) is 135 cm³/mol. The zero-order valence-corrected chi connectivity index (χ0v) is 20.7. The van der Waals surface area contributed by atoms with E-state index in [0.717, 1.165) is 17.7 Å². The van der Waals surface area contributed by atoms with Crippen LogP contribution in [0.2, 0.25) is 5.02 Å². The van der Waals surface area contributed by atoms with Gasteiger partial charge in [-0.15, -0.1) is 0 Å². The van der Waals surface area contributed by atoms with Crippen LogP contribution < -0.4 is 15.0 Å². The fraction of sp³-hybridized carbons (Fsp3) is 0.296. The molecule has 2 heterocycles. The summed E-state index contributed by atoms with van der Waals surface area (Å²) >= 11 is 6.42. The number of ether oxygens (including phenoxy) is 1. The molecule has 2 atom stereocenters. The molecule has 182 valence electrons. The van der Waals surface area contributed by atoms with E-state index >= 15 is 0 Å². The molecule has 1 aliphatic heterocycles. The van der Waals surface area contributed by atoms with E-state index in [1.807, 2.05) is 50.2 Å². The number of likely N-dealkylation sites (N-methyl/N-ethyl adjacent to an activating group) is 1. The Morgan fingerprint density at radius 1 is 1.17 bits per heavy atom. The third kappa shape index (κ3) is 4.61. The van der Waals surface area contributed by atoms with E-state index in [2.05, 4.69) is 10.3 Å². The monoisotopic (exact) mass is 493 g/mol. The molecule has 0 fully saturated rings. The molecule has 2 aromatic carbocycles. The van der Waals surface area contributed by atoms with E-state index in [1.54, 1.807) is 31.3 Å². The van der Waals surface area contributed by atoms with Gasteiger partial charge < -0.3 is 14.7 Å². The number of carboxylic acids is 1. The number of hydrogen-bond acceptors (Lipinski definition) is 5. The van der Waals surface area contributed by atoms with Crippen LogP contribution in [0.5, 0.6) is 5.88 Å². The van der Waals surface area contributed by atoms with Gasteiger partial charge in [0.25, 0.3) is 0 Å². The second-order valence-electron chi connectivity index (χ2n) is 8.49. The van der Waals surface area contributed by atoms with Gasteiger partial charge in [-0.25, -0.2) is 9.78 Å². The number of halogens is 1. The second-order valence-corrected chi connectivity index (χ2v) is 8.93. The minimum absolute atomic E-state index is 0.104. The molecular weight excluding hydrogens is 466 g/mol. The fourth-order valence-electron chi connectivity index (χ4n) is 4.53. The number of pyridine rings is 1. The number of aliphatic carboxylic acids is 1. The molecule has 2 N–H and O–H groups in total. The summed E-state index contributed by atoms with van der Waals surface area (Å²) in [5.74, 6) is -1.20. The number of aromatic nitrogens is 1. The van der Waals surface area contributed by atoms with Gasteiger partial charge in [0, 0.05) is 35.1 Å². The van der Waals surface area contributed by atoms with Gasteiger partial charge in [0.2, 0.25) is 17.9 Å². The van der Waals surface area contributed by atoms with Crippen molar-refractivity contribution < 1.29 is 19.4 Å². The summed E-state index contributed by atoms with van der Waals surface area (Å²) in [5, 5.41) is 14.2. The normalized spacial score (nSPS) is 18.5. The molecule has 7 nitrogen and oxygen atoms in total. The Kier molecular flexibility index (Phi) is 7.10. The Bertz CT molecular complexity index is 1230. The van der Waals surface area contributed by atoms with Crippen LogP contribution in [-0.4, -0.2) is 41.7 Å². The van der Waals surface area contributed by atoms with E-state index < -0.39 is 17.6 Å². The number of nitrogens with zero attached hydrogens (tertiary/aromatic N) is 2. The van der Waals surface area contributed by atoms with Gasteiger partial charge in [-0.3, -0.25) is 10.1 Å². The summed E-state index contributed by atoms with van der Waals surface area (Å²) in [5.41, 5.74) is 2.07. The first-order valence-electron chi connectivity index (χ1n) is 11.6. The van der Waals surface area contributed by atoms with Crippen molar-refractivity contribution in [1.82, 2.24) is 10.3 Å². The topological polar surface area (TPSA) is 91.8 Å². The van der Waals surface area contributed by atoms with Crippen LogP contribution >= 0.6 is 11.6 Å². The zero-order valence-electron chi connectivity index (χ0n) is 19.9. The van der Waals surface area contributed by atoms with Crippen molar-refractivity contribution in [3.8, 4) is 5.88 Å². The lowest BCUT2D eigenvalue weighted by Gasteiger charge is -2.39. The highest BCUT2D eigenvalue weighted by Crippen LogP contribution is 2.43. The maximum atomic E-state index is 12.9. The quantitative estimate of drug-likeness (QED) is 0.512. The Hall–Kier alpha value is -3.42. The van der Waals surface area contributed by atoms with Crippen molar-refractivity contribution >= 4 is 29.2 Å². The number of amides is 1. The zero-order chi connectivity index (χ0) is 25.2. The Morgan fingerprint density at radius 2 is 1.91 bits per heavy atom. The van der Waals surface area contributed by atoms with Crippen LogP contribution in [0.1, 0.15) is 36.2 Å². The Morgan fingerprint density at radius 3 is 2.57 bits per heavy atom. The molecule has 1 aliphatic rings. The van der Waals surface area contributed by atoms with Crippen molar-refractivity contribution in [3.63, 3.8) is 0 Å². The first-order chi connectivity index (χ1) is 16.8.